The first-order valence-corrected chi connectivity index (χ1v) is 12.4. The van der Waals surface area contributed by atoms with E-state index in [2.05, 4.69) is 42.8 Å². The maximum Gasteiger partial charge on any atom is 0.231 e. The number of aliphatic hydroxyl groups excluding tert-OH is 1. The van der Waals surface area contributed by atoms with Crippen molar-refractivity contribution < 1.29 is 9.84 Å². The predicted octanol–water partition coefficient (Wildman–Crippen LogP) is 3.37. The van der Waals surface area contributed by atoms with Gasteiger partial charge in [0.15, 0.2) is 5.65 Å². The Hall–Kier alpha value is -2.56. The van der Waals surface area contributed by atoms with Crippen molar-refractivity contribution in [2.75, 3.05) is 48.1 Å². The first-order chi connectivity index (χ1) is 15.7. The van der Waals surface area contributed by atoms with Gasteiger partial charge in [0, 0.05) is 24.5 Å². The molecule has 3 aromatic rings. The monoisotopic (exact) mass is 455 g/mol. The van der Waals surface area contributed by atoms with Gasteiger partial charge < -0.3 is 25.4 Å². The summed E-state index contributed by atoms with van der Waals surface area (Å²) in [6.45, 7) is 3.35. The quantitative estimate of drug-likeness (QED) is 0.416. The highest BCUT2D eigenvalue weighted by Gasteiger charge is 2.25. The molecule has 4 N–H and O–H groups in total. The molecule has 1 saturated carbocycles. The van der Waals surface area contributed by atoms with Gasteiger partial charge in [0.1, 0.15) is 10.8 Å². The van der Waals surface area contributed by atoms with E-state index in [9.17, 15) is 5.11 Å². The summed E-state index contributed by atoms with van der Waals surface area (Å²) in [4.78, 5) is 11.7. The average Bonchev–Trinajstić information content (AvgIpc) is 3.25. The number of fused-ring (bicyclic) bond motifs is 1. The Labute approximate surface area is 191 Å². The first kappa shape index (κ1) is 21.3. The Balaban J connectivity index is 1.40. The lowest BCUT2D eigenvalue weighted by Gasteiger charge is -2.29. The van der Waals surface area contributed by atoms with E-state index in [4.69, 9.17) is 9.72 Å². The van der Waals surface area contributed by atoms with Gasteiger partial charge in [0.2, 0.25) is 5.95 Å². The fourth-order valence-corrected chi connectivity index (χ4v) is 4.91. The van der Waals surface area contributed by atoms with Crippen LogP contribution in [0, 0.1) is 0 Å². The highest BCUT2D eigenvalue weighted by atomic mass is 32.2. The van der Waals surface area contributed by atoms with E-state index in [1.54, 1.807) is 11.8 Å². The smallest absolute Gasteiger partial charge is 0.231 e. The molecule has 5 rings (SSSR count). The number of anilines is 4. The largest absolute Gasteiger partial charge is 0.391 e. The second kappa shape index (κ2) is 9.51. The zero-order chi connectivity index (χ0) is 21.9. The minimum atomic E-state index is -0.373. The SMILES string of the molecule is CSc1n[nH]c2nc(Nc3ccc(N4CCOCC4)cc3)nc(NC3CCCCC3O)c12. The number of H-pyrrole nitrogens is 1. The van der Waals surface area contributed by atoms with Gasteiger partial charge in [-0.2, -0.15) is 15.1 Å². The molecule has 2 fully saturated rings. The lowest BCUT2D eigenvalue weighted by molar-refractivity contribution is 0.116. The van der Waals surface area contributed by atoms with Crippen LogP contribution in [0.4, 0.5) is 23.1 Å². The average molecular weight is 456 g/mol. The molecule has 0 amide bonds. The molecule has 1 aliphatic carbocycles. The molecule has 32 heavy (non-hydrogen) atoms. The molecule has 0 radical (unpaired) electrons. The number of rotatable bonds is 6. The molecule has 2 aliphatic rings. The number of aromatic amines is 1. The molecule has 0 spiro atoms. The van der Waals surface area contributed by atoms with Crippen molar-refractivity contribution in [1.29, 1.82) is 0 Å². The van der Waals surface area contributed by atoms with Crippen molar-refractivity contribution in [2.24, 2.45) is 0 Å². The molecule has 1 aromatic carbocycles. The summed E-state index contributed by atoms with van der Waals surface area (Å²) in [6.07, 6.45) is 5.51. The number of morpholine rings is 1. The maximum atomic E-state index is 10.5. The van der Waals surface area contributed by atoms with E-state index < -0.39 is 0 Å². The van der Waals surface area contributed by atoms with Gasteiger partial charge in [-0.3, -0.25) is 5.10 Å². The summed E-state index contributed by atoms with van der Waals surface area (Å²) in [5, 5.41) is 26.4. The van der Waals surface area contributed by atoms with Crippen LogP contribution in [0.2, 0.25) is 0 Å². The Kier molecular flexibility index (Phi) is 6.33. The van der Waals surface area contributed by atoms with E-state index in [-0.39, 0.29) is 12.1 Å². The molecule has 2 unspecified atom stereocenters. The van der Waals surface area contributed by atoms with Crippen LogP contribution in [0.15, 0.2) is 29.3 Å². The van der Waals surface area contributed by atoms with Crippen LogP contribution in [0.5, 0.6) is 0 Å². The highest BCUT2D eigenvalue weighted by molar-refractivity contribution is 7.98. The zero-order valence-electron chi connectivity index (χ0n) is 18.2. The molecule has 1 aliphatic heterocycles. The molecule has 1 saturated heterocycles. The van der Waals surface area contributed by atoms with Gasteiger partial charge in [-0.05, 0) is 43.4 Å². The number of thioether (sulfide) groups is 1. The van der Waals surface area contributed by atoms with Gasteiger partial charge in [-0.25, -0.2) is 0 Å². The Morgan fingerprint density at radius 3 is 2.66 bits per heavy atom. The van der Waals surface area contributed by atoms with E-state index in [0.717, 1.165) is 68.1 Å². The topological polar surface area (TPSA) is 111 Å². The van der Waals surface area contributed by atoms with Crippen LogP contribution in [0.25, 0.3) is 11.0 Å². The molecule has 3 heterocycles. The van der Waals surface area contributed by atoms with Crippen LogP contribution in [0.1, 0.15) is 25.7 Å². The van der Waals surface area contributed by atoms with Crippen LogP contribution < -0.4 is 15.5 Å². The van der Waals surface area contributed by atoms with Crippen LogP contribution in [-0.2, 0) is 4.74 Å². The summed E-state index contributed by atoms with van der Waals surface area (Å²) in [5.74, 6) is 1.19. The van der Waals surface area contributed by atoms with Crippen LogP contribution in [0.3, 0.4) is 0 Å². The van der Waals surface area contributed by atoms with Crippen molar-refractivity contribution in [1.82, 2.24) is 20.2 Å². The minimum Gasteiger partial charge on any atom is -0.391 e. The van der Waals surface area contributed by atoms with Gasteiger partial charge in [0.25, 0.3) is 0 Å². The molecule has 10 heteroatoms. The van der Waals surface area contributed by atoms with Crippen LogP contribution >= 0.6 is 11.8 Å². The normalized spacial score (nSPS) is 21.6. The highest BCUT2D eigenvalue weighted by Crippen LogP contribution is 2.32. The number of hydrogen-bond acceptors (Lipinski definition) is 9. The van der Waals surface area contributed by atoms with Gasteiger partial charge >= 0.3 is 0 Å². The third kappa shape index (κ3) is 4.48. The van der Waals surface area contributed by atoms with Gasteiger partial charge in [-0.1, -0.05) is 12.8 Å². The molecule has 2 aromatic heterocycles. The van der Waals surface area contributed by atoms with Crippen molar-refractivity contribution in [3.8, 4) is 0 Å². The number of ether oxygens (including phenoxy) is 1. The van der Waals surface area contributed by atoms with Crippen LogP contribution in [-0.4, -0.2) is 70.0 Å². The standard InChI is InChI=1S/C22H29N7O2S/c1-32-21-18-19(24-16-4-2-3-5-17(16)30)25-22(26-20(18)27-28-21)23-14-6-8-15(9-7-14)29-10-12-31-13-11-29/h6-9,16-17,30H,2-5,10-13H2,1H3,(H3,23,24,25,26,27,28). The third-order valence-electron chi connectivity index (χ3n) is 6.13. The summed E-state index contributed by atoms with van der Waals surface area (Å²) < 4.78 is 5.44. The summed E-state index contributed by atoms with van der Waals surface area (Å²) in [5.41, 5.74) is 2.77. The molecular formula is C22H29N7O2S. The summed E-state index contributed by atoms with van der Waals surface area (Å²) >= 11 is 1.55. The van der Waals surface area contributed by atoms with E-state index in [1.165, 1.54) is 5.69 Å². The van der Waals surface area contributed by atoms with Crippen molar-refractivity contribution >= 4 is 45.9 Å². The molecular weight excluding hydrogens is 426 g/mol. The molecule has 2 atom stereocenters. The van der Waals surface area contributed by atoms with Crippen molar-refractivity contribution in [2.45, 2.75) is 42.9 Å². The molecule has 170 valence electrons. The fraction of sp³-hybridized carbons (Fsp3) is 0.500. The molecule has 0 bridgehead atoms. The maximum absolute atomic E-state index is 10.5. The minimum absolute atomic E-state index is 0.0212. The number of nitrogens with one attached hydrogen (secondary N) is 3. The van der Waals surface area contributed by atoms with Gasteiger partial charge in [-0.15, -0.1) is 11.8 Å². The van der Waals surface area contributed by atoms with Gasteiger partial charge in [0.05, 0.1) is 30.7 Å². The van der Waals surface area contributed by atoms with E-state index in [1.807, 2.05) is 18.4 Å². The third-order valence-corrected chi connectivity index (χ3v) is 6.81. The van der Waals surface area contributed by atoms with Crippen molar-refractivity contribution in [3.63, 3.8) is 0 Å². The Morgan fingerprint density at radius 2 is 1.91 bits per heavy atom. The Bertz CT molecular complexity index is 1050. The summed E-state index contributed by atoms with van der Waals surface area (Å²) in [6, 6.07) is 8.26. The number of benzene rings is 1. The first-order valence-electron chi connectivity index (χ1n) is 11.2. The lowest BCUT2D eigenvalue weighted by atomic mass is 9.92. The van der Waals surface area contributed by atoms with E-state index >= 15 is 0 Å². The fourth-order valence-electron chi connectivity index (χ4n) is 4.37. The Morgan fingerprint density at radius 1 is 1.12 bits per heavy atom. The molecule has 9 nitrogen and oxygen atoms in total. The van der Waals surface area contributed by atoms with Crippen molar-refractivity contribution in [3.05, 3.63) is 24.3 Å². The summed E-state index contributed by atoms with van der Waals surface area (Å²) in [7, 11) is 0. The zero-order valence-corrected chi connectivity index (χ0v) is 19.0. The lowest BCUT2D eigenvalue weighted by Crippen LogP contribution is -2.36. The number of nitrogens with zero attached hydrogens (tertiary/aromatic N) is 4. The van der Waals surface area contributed by atoms with E-state index in [0.29, 0.717) is 17.4 Å². The predicted molar refractivity (Wildman–Crippen MR) is 128 cm³/mol. The number of aromatic nitrogens is 4. The second-order valence-corrected chi connectivity index (χ2v) is 9.02. The number of aliphatic hydroxyl groups is 1. The second-order valence-electron chi connectivity index (χ2n) is 8.23. The number of hydrogen-bond donors (Lipinski definition) is 4.